The molecule has 40 heavy (non-hydrogen) atoms. The fourth-order valence-corrected chi connectivity index (χ4v) is 5.89. The first kappa shape index (κ1) is 26.0. The van der Waals surface area contributed by atoms with Crippen LogP contribution in [-0.2, 0) is 11.7 Å². The van der Waals surface area contributed by atoms with Crippen molar-refractivity contribution in [3.63, 3.8) is 0 Å². The van der Waals surface area contributed by atoms with Gasteiger partial charge in [-0.3, -0.25) is 9.69 Å². The first-order valence-electron chi connectivity index (χ1n) is 12.9. The number of benzene rings is 1. The van der Waals surface area contributed by atoms with E-state index in [1.165, 1.54) is 11.2 Å². The lowest BCUT2D eigenvalue weighted by Crippen LogP contribution is -2.66. The Morgan fingerprint density at radius 3 is 2.65 bits per heavy atom. The minimum absolute atomic E-state index is 0.151. The van der Waals surface area contributed by atoms with Gasteiger partial charge in [0.25, 0.3) is 5.91 Å². The highest BCUT2D eigenvalue weighted by Crippen LogP contribution is 2.38. The number of likely N-dealkylation sites (tertiary alicyclic amines) is 2. The molecule has 4 aromatic rings. The SMILES string of the molecule is N#CCC1(n2ccc(-c3ncnc4[nH]ccc34)c2)CN(C2CCN(C(=O)c3cc(C(F)(F)F)ccc3F)CC2)C1. The Labute approximate surface area is 226 Å². The van der Waals surface area contributed by atoms with Gasteiger partial charge in [-0.1, -0.05) is 0 Å². The van der Waals surface area contributed by atoms with Crippen LogP contribution in [0.2, 0.25) is 0 Å². The second-order valence-corrected chi connectivity index (χ2v) is 10.4. The Balaban J connectivity index is 1.12. The number of halogens is 4. The summed E-state index contributed by atoms with van der Waals surface area (Å²) in [6.07, 6.45) is 4.19. The lowest BCUT2D eigenvalue weighted by molar-refractivity contribution is -0.137. The van der Waals surface area contributed by atoms with E-state index < -0.39 is 34.6 Å². The van der Waals surface area contributed by atoms with Gasteiger partial charge in [-0.2, -0.15) is 18.4 Å². The van der Waals surface area contributed by atoms with Gasteiger partial charge < -0.3 is 14.5 Å². The number of piperidine rings is 1. The Morgan fingerprint density at radius 1 is 1.15 bits per heavy atom. The molecule has 1 N–H and O–H groups in total. The summed E-state index contributed by atoms with van der Waals surface area (Å²) in [6.45, 7) is 1.93. The fraction of sp³-hybridized carbons (Fsp3) is 0.357. The first-order valence-corrected chi connectivity index (χ1v) is 12.9. The Hall–Kier alpha value is -4.24. The molecule has 0 radical (unpaired) electrons. The molecule has 206 valence electrons. The molecule has 0 bridgehead atoms. The monoisotopic (exact) mass is 551 g/mol. The van der Waals surface area contributed by atoms with E-state index in [-0.39, 0.29) is 6.04 Å². The van der Waals surface area contributed by atoms with Gasteiger partial charge in [-0.15, -0.1) is 0 Å². The van der Waals surface area contributed by atoms with Gasteiger partial charge in [0.2, 0.25) is 0 Å². The van der Waals surface area contributed by atoms with Crippen LogP contribution in [0.15, 0.2) is 55.2 Å². The highest BCUT2D eigenvalue weighted by molar-refractivity contribution is 5.95. The standard InChI is InChI=1S/C28H25F4N7O/c29-23-2-1-19(28(30,31)32)13-22(23)26(40)37-10-5-20(6-11-37)38-15-27(16-38,7-8-33)39-12-4-18(14-39)24-21-3-9-34-25(21)36-17-35-24/h1-4,9,12-14,17,20H,5-7,10-11,15-16H2,(H,34,35,36). The highest BCUT2D eigenvalue weighted by Gasteiger charge is 2.47. The second-order valence-electron chi connectivity index (χ2n) is 10.4. The molecule has 1 amide bonds. The minimum Gasteiger partial charge on any atom is -0.346 e. The van der Waals surface area contributed by atoms with E-state index in [4.69, 9.17) is 0 Å². The number of carbonyl (C=O) groups excluding carboxylic acids is 1. The third-order valence-electron chi connectivity index (χ3n) is 8.06. The number of H-pyrrole nitrogens is 1. The van der Waals surface area contributed by atoms with E-state index in [1.54, 1.807) is 0 Å². The van der Waals surface area contributed by atoms with Crippen LogP contribution in [0.25, 0.3) is 22.3 Å². The lowest BCUT2D eigenvalue weighted by Gasteiger charge is -2.54. The number of nitrogens with one attached hydrogen (secondary N) is 1. The van der Waals surface area contributed by atoms with Crippen molar-refractivity contribution in [2.24, 2.45) is 0 Å². The Bertz CT molecular complexity index is 1600. The molecule has 2 aliphatic heterocycles. The molecule has 3 aromatic heterocycles. The summed E-state index contributed by atoms with van der Waals surface area (Å²) in [5.41, 5.74) is 0.478. The van der Waals surface area contributed by atoms with E-state index in [0.717, 1.165) is 22.3 Å². The van der Waals surface area contributed by atoms with Crippen molar-refractivity contribution in [2.45, 2.75) is 37.0 Å². The van der Waals surface area contributed by atoms with E-state index in [0.29, 0.717) is 63.6 Å². The zero-order valence-corrected chi connectivity index (χ0v) is 21.3. The molecule has 2 fully saturated rings. The van der Waals surface area contributed by atoms with Crippen LogP contribution in [0.1, 0.15) is 35.2 Å². The third kappa shape index (κ3) is 4.50. The lowest BCUT2D eigenvalue weighted by atomic mass is 9.83. The maximum Gasteiger partial charge on any atom is 0.416 e. The smallest absolute Gasteiger partial charge is 0.346 e. The molecule has 0 aliphatic carbocycles. The van der Waals surface area contributed by atoms with Gasteiger partial charge in [0, 0.05) is 61.8 Å². The molecule has 2 aliphatic rings. The molecule has 6 rings (SSSR count). The van der Waals surface area contributed by atoms with Gasteiger partial charge in [-0.05, 0) is 43.2 Å². The predicted molar refractivity (Wildman–Crippen MR) is 137 cm³/mol. The molecule has 0 saturated carbocycles. The molecule has 1 aromatic carbocycles. The van der Waals surface area contributed by atoms with Crippen LogP contribution in [0, 0.1) is 17.1 Å². The quantitative estimate of drug-likeness (QED) is 0.359. The van der Waals surface area contributed by atoms with Crippen molar-refractivity contribution in [1.82, 2.24) is 29.3 Å². The maximum atomic E-state index is 14.3. The van der Waals surface area contributed by atoms with Crippen molar-refractivity contribution >= 4 is 16.9 Å². The zero-order valence-electron chi connectivity index (χ0n) is 21.3. The number of aromatic amines is 1. The number of alkyl halides is 3. The zero-order chi connectivity index (χ0) is 28.1. The summed E-state index contributed by atoms with van der Waals surface area (Å²) >= 11 is 0. The average Bonchev–Trinajstić information content (AvgIpc) is 3.60. The summed E-state index contributed by atoms with van der Waals surface area (Å²) in [4.78, 5) is 28.3. The van der Waals surface area contributed by atoms with Gasteiger partial charge in [0.15, 0.2) is 0 Å². The summed E-state index contributed by atoms with van der Waals surface area (Å²) in [5.74, 6) is -1.69. The van der Waals surface area contributed by atoms with Crippen molar-refractivity contribution in [2.75, 3.05) is 26.2 Å². The van der Waals surface area contributed by atoms with Crippen LogP contribution in [0.3, 0.4) is 0 Å². The number of rotatable bonds is 5. The van der Waals surface area contributed by atoms with Crippen LogP contribution in [0.4, 0.5) is 17.6 Å². The number of fused-ring (bicyclic) bond motifs is 1. The van der Waals surface area contributed by atoms with E-state index in [1.807, 2.05) is 30.7 Å². The average molecular weight is 552 g/mol. The number of hydrogen-bond donors (Lipinski definition) is 1. The minimum atomic E-state index is -4.66. The van der Waals surface area contributed by atoms with Crippen LogP contribution in [-0.4, -0.2) is 67.4 Å². The number of nitriles is 1. The van der Waals surface area contributed by atoms with Crippen LogP contribution < -0.4 is 0 Å². The van der Waals surface area contributed by atoms with Gasteiger partial charge in [0.1, 0.15) is 17.8 Å². The van der Waals surface area contributed by atoms with E-state index >= 15 is 0 Å². The molecule has 12 heteroatoms. The molecular formula is C28H25F4N7O. The summed E-state index contributed by atoms with van der Waals surface area (Å²) in [7, 11) is 0. The molecule has 8 nitrogen and oxygen atoms in total. The topological polar surface area (TPSA) is 93.8 Å². The van der Waals surface area contributed by atoms with Crippen molar-refractivity contribution < 1.29 is 22.4 Å². The predicted octanol–water partition coefficient (Wildman–Crippen LogP) is 4.81. The summed E-state index contributed by atoms with van der Waals surface area (Å²) in [5, 5.41) is 10.5. The molecule has 5 heterocycles. The van der Waals surface area contributed by atoms with Crippen LogP contribution in [0.5, 0.6) is 0 Å². The largest absolute Gasteiger partial charge is 0.416 e. The number of amides is 1. The Kier molecular flexibility index (Phi) is 6.34. The fourth-order valence-electron chi connectivity index (χ4n) is 5.89. The van der Waals surface area contributed by atoms with Crippen molar-refractivity contribution in [1.29, 1.82) is 5.26 Å². The molecule has 0 unspecified atom stereocenters. The molecule has 2 saturated heterocycles. The Morgan fingerprint density at radius 2 is 1.93 bits per heavy atom. The first-order chi connectivity index (χ1) is 19.2. The van der Waals surface area contributed by atoms with Crippen LogP contribution >= 0.6 is 0 Å². The summed E-state index contributed by atoms with van der Waals surface area (Å²) in [6, 6.07) is 8.29. The number of hydrogen-bond acceptors (Lipinski definition) is 5. The van der Waals surface area contributed by atoms with Gasteiger partial charge >= 0.3 is 6.18 Å². The second kappa shape index (κ2) is 9.75. The molecular weight excluding hydrogens is 526 g/mol. The molecule has 0 spiro atoms. The number of carbonyl (C=O) groups is 1. The number of aromatic nitrogens is 4. The van der Waals surface area contributed by atoms with Gasteiger partial charge in [-0.25, -0.2) is 14.4 Å². The van der Waals surface area contributed by atoms with E-state index in [2.05, 4.69) is 30.5 Å². The van der Waals surface area contributed by atoms with Crippen molar-refractivity contribution in [3.05, 3.63) is 72.2 Å². The third-order valence-corrected chi connectivity index (χ3v) is 8.06. The summed E-state index contributed by atoms with van der Waals surface area (Å²) < 4.78 is 55.6. The number of nitrogens with zero attached hydrogens (tertiary/aromatic N) is 6. The highest BCUT2D eigenvalue weighted by atomic mass is 19.4. The van der Waals surface area contributed by atoms with Crippen molar-refractivity contribution in [3.8, 4) is 17.3 Å². The maximum absolute atomic E-state index is 14.3. The normalized spacial score (nSPS) is 18.0. The molecule has 0 atom stereocenters. The van der Waals surface area contributed by atoms with E-state index in [9.17, 15) is 27.6 Å². The van der Waals surface area contributed by atoms with Gasteiger partial charge in [0.05, 0.1) is 34.8 Å².